The fourth-order valence-corrected chi connectivity index (χ4v) is 5.11. The molecule has 0 aromatic heterocycles. The molecular formula is C17H19ClN2O5S. The summed E-state index contributed by atoms with van der Waals surface area (Å²) in [6.45, 7) is 0. The monoisotopic (exact) mass is 398 g/mol. The first-order chi connectivity index (χ1) is 12.1. The highest BCUT2D eigenvalue weighted by atomic mass is 35.5. The van der Waals surface area contributed by atoms with E-state index < -0.39 is 33.7 Å². The Balaban J connectivity index is 1.87. The Hall–Kier alpha value is -1.90. The van der Waals surface area contributed by atoms with Gasteiger partial charge in [0.1, 0.15) is 4.90 Å². The van der Waals surface area contributed by atoms with Crippen molar-refractivity contribution in [2.45, 2.75) is 11.3 Å². The van der Waals surface area contributed by atoms with Crippen LogP contribution in [0.4, 0.5) is 5.69 Å². The predicted octanol–water partition coefficient (Wildman–Crippen LogP) is 2.05. The van der Waals surface area contributed by atoms with Gasteiger partial charge >= 0.3 is 5.97 Å². The minimum Gasteiger partial charge on any atom is -0.481 e. The Labute approximate surface area is 156 Å². The molecule has 2 aliphatic carbocycles. The summed E-state index contributed by atoms with van der Waals surface area (Å²) in [5.74, 6) is -3.10. The molecule has 1 aromatic rings. The van der Waals surface area contributed by atoms with Crippen molar-refractivity contribution < 1.29 is 23.1 Å². The van der Waals surface area contributed by atoms with E-state index >= 15 is 0 Å². The van der Waals surface area contributed by atoms with E-state index in [1.807, 2.05) is 12.2 Å². The van der Waals surface area contributed by atoms with Crippen LogP contribution in [0.3, 0.4) is 0 Å². The Morgan fingerprint density at radius 1 is 1.19 bits per heavy atom. The molecule has 0 aliphatic heterocycles. The van der Waals surface area contributed by atoms with Gasteiger partial charge in [0.15, 0.2) is 0 Å². The smallest absolute Gasteiger partial charge is 0.307 e. The lowest BCUT2D eigenvalue weighted by atomic mass is 9.82. The Bertz CT molecular complexity index is 896. The second kappa shape index (κ2) is 6.68. The molecule has 1 saturated carbocycles. The molecule has 2 bridgehead atoms. The first kappa shape index (κ1) is 18.9. The number of aliphatic carboxylic acids is 1. The molecule has 1 fully saturated rings. The average molecular weight is 399 g/mol. The fourth-order valence-electron chi connectivity index (χ4n) is 3.72. The molecule has 2 aliphatic rings. The van der Waals surface area contributed by atoms with Crippen LogP contribution in [0.5, 0.6) is 0 Å². The van der Waals surface area contributed by atoms with Gasteiger partial charge in [-0.3, -0.25) is 9.59 Å². The van der Waals surface area contributed by atoms with E-state index in [0.717, 1.165) is 4.31 Å². The van der Waals surface area contributed by atoms with Gasteiger partial charge in [0.2, 0.25) is 15.9 Å². The summed E-state index contributed by atoms with van der Waals surface area (Å²) in [7, 11) is -1.00. The largest absolute Gasteiger partial charge is 0.481 e. The van der Waals surface area contributed by atoms with Gasteiger partial charge in [-0.05, 0) is 36.5 Å². The average Bonchev–Trinajstić information content (AvgIpc) is 3.17. The number of carbonyl (C=O) groups excluding carboxylic acids is 1. The number of amides is 1. The molecule has 0 spiro atoms. The van der Waals surface area contributed by atoms with E-state index in [1.54, 1.807) is 0 Å². The number of halogens is 1. The van der Waals surface area contributed by atoms with E-state index in [-0.39, 0.29) is 27.4 Å². The molecule has 0 radical (unpaired) electrons. The Morgan fingerprint density at radius 2 is 1.81 bits per heavy atom. The van der Waals surface area contributed by atoms with Crippen molar-refractivity contribution >= 4 is 39.2 Å². The van der Waals surface area contributed by atoms with Crippen LogP contribution in [0.1, 0.15) is 6.42 Å². The number of hydrogen-bond donors (Lipinski definition) is 2. The molecule has 26 heavy (non-hydrogen) atoms. The van der Waals surface area contributed by atoms with Gasteiger partial charge in [0.05, 0.1) is 16.9 Å². The third-order valence-electron chi connectivity index (χ3n) is 5.00. The molecule has 4 atom stereocenters. The first-order valence-electron chi connectivity index (χ1n) is 8.07. The molecule has 0 heterocycles. The molecule has 0 saturated heterocycles. The van der Waals surface area contributed by atoms with Gasteiger partial charge in [-0.2, -0.15) is 0 Å². The van der Waals surface area contributed by atoms with Gasteiger partial charge in [0, 0.05) is 19.8 Å². The number of hydrogen-bond acceptors (Lipinski definition) is 4. The lowest BCUT2D eigenvalue weighted by Crippen LogP contribution is -2.36. The molecule has 1 aromatic carbocycles. The topological polar surface area (TPSA) is 104 Å². The van der Waals surface area contributed by atoms with Crippen molar-refractivity contribution in [2.75, 3.05) is 19.4 Å². The number of carboxylic acid groups (broad SMARTS) is 1. The lowest BCUT2D eigenvalue weighted by Gasteiger charge is -2.24. The minimum atomic E-state index is -3.77. The predicted molar refractivity (Wildman–Crippen MR) is 96.3 cm³/mol. The van der Waals surface area contributed by atoms with Crippen LogP contribution >= 0.6 is 11.6 Å². The molecule has 0 unspecified atom stereocenters. The van der Waals surface area contributed by atoms with Crippen LogP contribution in [-0.4, -0.2) is 43.8 Å². The maximum absolute atomic E-state index is 12.7. The lowest BCUT2D eigenvalue weighted by molar-refractivity contribution is -0.146. The van der Waals surface area contributed by atoms with E-state index in [0.29, 0.717) is 6.42 Å². The molecule has 1 amide bonds. The minimum absolute atomic E-state index is 0.0444. The number of sulfonamides is 1. The number of rotatable bonds is 5. The molecule has 7 nitrogen and oxygen atoms in total. The second-order valence-electron chi connectivity index (χ2n) is 6.76. The Kier molecular flexibility index (Phi) is 4.85. The molecule has 3 rings (SSSR count). The van der Waals surface area contributed by atoms with Crippen LogP contribution in [0, 0.1) is 23.7 Å². The summed E-state index contributed by atoms with van der Waals surface area (Å²) < 4.78 is 25.7. The number of anilines is 1. The zero-order valence-electron chi connectivity index (χ0n) is 14.2. The maximum Gasteiger partial charge on any atom is 0.307 e. The molecule has 2 N–H and O–H groups in total. The molecular weight excluding hydrogens is 380 g/mol. The number of fused-ring (bicyclic) bond motifs is 2. The number of allylic oxidation sites excluding steroid dienone is 2. The third-order valence-corrected chi connectivity index (χ3v) is 7.30. The number of carbonyl (C=O) groups is 2. The molecule has 140 valence electrons. The number of benzene rings is 1. The van der Waals surface area contributed by atoms with Crippen molar-refractivity contribution in [3.63, 3.8) is 0 Å². The van der Waals surface area contributed by atoms with Crippen molar-refractivity contribution in [1.82, 2.24) is 4.31 Å². The van der Waals surface area contributed by atoms with Crippen molar-refractivity contribution in [3.8, 4) is 0 Å². The summed E-state index contributed by atoms with van der Waals surface area (Å²) in [5, 5.41) is 12.2. The normalized spacial score (nSPS) is 27.1. The standard InChI is InChI=1S/C17H19ClN2O5S/c1-20(2)26(24,25)13-8-11(5-6-12(13)18)19-16(21)14-9-3-4-10(7-9)15(14)17(22)23/h3-6,8-10,14-15H,7H2,1-2H3,(H,19,21)(H,22,23)/t9-,10-,14+,15-/m0/s1. The highest BCUT2D eigenvalue weighted by molar-refractivity contribution is 7.89. The second-order valence-corrected chi connectivity index (χ2v) is 9.29. The van der Waals surface area contributed by atoms with Gasteiger partial charge in [0.25, 0.3) is 0 Å². The number of nitrogens with zero attached hydrogens (tertiary/aromatic N) is 1. The zero-order valence-corrected chi connectivity index (χ0v) is 15.8. The van der Waals surface area contributed by atoms with E-state index in [9.17, 15) is 23.1 Å². The summed E-state index contributed by atoms with van der Waals surface area (Å²) in [6, 6.07) is 4.17. The van der Waals surface area contributed by atoms with Crippen molar-refractivity contribution in [1.29, 1.82) is 0 Å². The zero-order chi connectivity index (χ0) is 19.2. The SMILES string of the molecule is CN(C)S(=O)(=O)c1cc(NC(=O)[C@H]2[C@@H](C(=O)O)[C@H]3C=C[C@H]2C3)ccc1Cl. The van der Waals surface area contributed by atoms with E-state index in [2.05, 4.69) is 5.32 Å². The van der Waals surface area contributed by atoms with Crippen LogP contribution < -0.4 is 5.32 Å². The summed E-state index contributed by atoms with van der Waals surface area (Å²) in [6.07, 6.45) is 4.39. The summed E-state index contributed by atoms with van der Waals surface area (Å²) >= 11 is 6.00. The van der Waals surface area contributed by atoms with Crippen LogP contribution in [-0.2, 0) is 19.6 Å². The maximum atomic E-state index is 12.7. The fraction of sp³-hybridized carbons (Fsp3) is 0.412. The van der Waals surface area contributed by atoms with Crippen LogP contribution in [0.2, 0.25) is 5.02 Å². The summed E-state index contributed by atoms with van der Waals surface area (Å²) in [5.41, 5.74) is 0.260. The summed E-state index contributed by atoms with van der Waals surface area (Å²) in [4.78, 5) is 24.1. The van der Waals surface area contributed by atoms with Gasteiger partial charge in [-0.1, -0.05) is 23.8 Å². The van der Waals surface area contributed by atoms with Gasteiger partial charge in [-0.25, -0.2) is 12.7 Å². The Morgan fingerprint density at radius 3 is 2.38 bits per heavy atom. The quantitative estimate of drug-likeness (QED) is 0.739. The number of carboxylic acids is 1. The number of nitrogens with one attached hydrogen (secondary N) is 1. The van der Waals surface area contributed by atoms with E-state index in [1.165, 1.54) is 32.3 Å². The first-order valence-corrected chi connectivity index (χ1v) is 9.89. The molecule has 9 heteroatoms. The van der Waals surface area contributed by atoms with Crippen LogP contribution in [0.25, 0.3) is 0 Å². The highest BCUT2D eigenvalue weighted by Gasteiger charge is 2.51. The third kappa shape index (κ3) is 3.13. The van der Waals surface area contributed by atoms with Crippen molar-refractivity contribution in [2.24, 2.45) is 23.7 Å². The van der Waals surface area contributed by atoms with E-state index in [4.69, 9.17) is 11.6 Å². The van der Waals surface area contributed by atoms with Gasteiger partial charge < -0.3 is 10.4 Å². The van der Waals surface area contributed by atoms with Gasteiger partial charge in [-0.15, -0.1) is 0 Å². The highest BCUT2D eigenvalue weighted by Crippen LogP contribution is 2.48. The van der Waals surface area contributed by atoms with Crippen molar-refractivity contribution in [3.05, 3.63) is 35.4 Å². The van der Waals surface area contributed by atoms with Crippen LogP contribution in [0.15, 0.2) is 35.2 Å².